The minimum Gasteiger partial charge on any atom is -0.480 e. The molecule has 0 radical (unpaired) electrons. The summed E-state index contributed by atoms with van der Waals surface area (Å²) in [6.45, 7) is 5.29. The molecule has 1 rings (SSSR count). The first-order chi connectivity index (χ1) is 9.24. The topological polar surface area (TPSA) is 78.4 Å². The zero-order valence-corrected chi connectivity index (χ0v) is 12.9. The summed E-state index contributed by atoms with van der Waals surface area (Å²) in [5.74, 6) is -1.05. The van der Waals surface area contributed by atoms with Gasteiger partial charge in [0, 0.05) is 10.6 Å². The van der Waals surface area contributed by atoms with Gasteiger partial charge in [0.05, 0.1) is 0 Å². The third-order valence-electron chi connectivity index (χ3n) is 2.74. The lowest BCUT2D eigenvalue weighted by Gasteiger charge is -2.27. The van der Waals surface area contributed by atoms with Crippen molar-refractivity contribution in [3.05, 3.63) is 24.3 Å². The molecule has 2 amide bonds. The van der Waals surface area contributed by atoms with Crippen LogP contribution in [0.5, 0.6) is 0 Å². The Morgan fingerprint density at radius 1 is 1.20 bits per heavy atom. The molecule has 1 aromatic carbocycles. The second-order valence-electron chi connectivity index (χ2n) is 5.46. The van der Waals surface area contributed by atoms with Gasteiger partial charge in [-0.3, -0.25) is 0 Å². The summed E-state index contributed by atoms with van der Waals surface area (Å²) >= 11 is 1.61. The average molecular weight is 296 g/mol. The fourth-order valence-electron chi connectivity index (χ4n) is 1.62. The molecule has 0 fully saturated rings. The van der Waals surface area contributed by atoms with E-state index < -0.39 is 23.5 Å². The lowest BCUT2D eigenvalue weighted by molar-refractivity contribution is -0.141. The smallest absolute Gasteiger partial charge is 0.326 e. The molecule has 0 bridgehead atoms. The van der Waals surface area contributed by atoms with E-state index in [1.807, 2.05) is 18.4 Å². The summed E-state index contributed by atoms with van der Waals surface area (Å²) in [7, 11) is 0. The Kier molecular flexibility index (Phi) is 5.44. The van der Waals surface area contributed by atoms with Crippen LogP contribution in [0.3, 0.4) is 0 Å². The van der Waals surface area contributed by atoms with Crippen molar-refractivity contribution in [2.24, 2.45) is 5.41 Å². The van der Waals surface area contributed by atoms with E-state index in [9.17, 15) is 9.59 Å². The molecule has 6 heteroatoms. The molecular formula is C14H20N2O3S. The Morgan fingerprint density at radius 2 is 1.75 bits per heavy atom. The number of carbonyl (C=O) groups is 2. The summed E-state index contributed by atoms with van der Waals surface area (Å²) in [4.78, 5) is 24.1. The number of amides is 2. The van der Waals surface area contributed by atoms with Gasteiger partial charge >= 0.3 is 12.0 Å². The molecule has 0 aliphatic rings. The number of hydrogen-bond donors (Lipinski definition) is 3. The van der Waals surface area contributed by atoms with Crippen molar-refractivity contribution in [3.8, 4) is 0 Å². The molecule has 0 aliphatic heterocycles. The van der Waals surface area contributed by atoms with E-state index in [4.69, 9.17) is 5.11 Å². The molecule has 0 aromatic heterocycles. The van der Waals surface area contributed by atoms with Crippen LogP contribution in [-0.2, 0) is 4.79 Å². The highest BCUT2D eigenvalue weighted by molar-refractivity contribution is 7.98. The highest BCUT2D eigenvalue weighted by Gasteiger charge is 2.32. The Bertz CT molecular complexity index is 480. The number of aliphatic carboxylic acids is 1. The number of urea groups is 1. The number of hydrogen-bond acceptors (Lipinski definition) is 3. The lowest BCUT2D eigenvalue weighted by Crippen LogP contribution is -2.50. The molecule has 5 nitrogen and oxygen atoms in total. The van der Waals surface area contributed by atoms with Crippen LogP contribution >= 0.6 is 11.8 Å². The van der Waals surface area contributed by atoms with E-state index in [0.717, 1.165) is 4.90 Å². The third-order valence-corrected chi connectivity index (χ3v) is 3.48. The molecule has 0 saturated carbocycles. The van der Waals surface area contributed by atoms with Crippen molar-refractivity contribution in [2.45, 2.75) is 31.7 Å². The number of rotatable bonds is 4. The van der Waals surface area contributed by atoms with Crippen LogP contribution < -0.4 is 10.6 Å². The summed E-state index contributed by atoms with van der Waals surface area (Å²) < 4.78 is 0. The zero-order valence-electron chi connectivity index (χ0n) is 12.1. The van der Waals surface area contributed by atoms with Crippen molar-refractivity contribution >= 4 is 29.4 Å². The van der Waals surface area contributed by atoms with Gasteiger partial charge in [-0.2, -0.15) is 0 Å². The van der Waals surface area contributed by atoms with E-state index >= 15 is 0 Å². The Labute approximate surface area is 123 Å². The van der Waals surface area contributed by atoms with Crippen molar-refractivity contribution in [3.63, 3.8) is 0 Å². The first kappa shape index (κ1) is 16.4. The van der Waals surface area contributed by atoms with Crippen molar-refractivity contribution in [1.29, 1.82) is 0 Å². The van der Waals surface area contributed by atoms with Gasteiger partial charge in [0.2, 0.25) is 0 Å². The Balaban J connectivity index is 2.68. The fourth-order valence-corrected chi connectivity index (χ4v) is 2.03. The third kappa shape index (κ3) is 4.77. The van der Waals surface area contributed by atoms with Crippen LogP contribution in [0.4, 0.5) is 10.5 Å². The molecule has 0 saturated heterocycles. The van der Waals surface area contributed by atoms with Crippen molar-refractivity contribution in [2.75, 3.05) is 11.6 Å². The Morgan fingerprint density at radius 3 is 2.15 bits per heavy atom. The van der Waals surface area contributed by atoms with E-state index in [1.165, 1.54) is 0 Å². The number of benzene rings is 1. The van der Waals surface area contributed by atoms with Gasteiger partial charge < -0.3 is 15.7 Å². The van der Waals surface area contributed by atoms with Crippen LogP contribution in [0.1, 0.15) is 20.8 Å². The number of carbonyl (C=O) groups excluding carboxylic acids is 1. The maximum absolute atomic E-state index is 11.8. The number of nitrogens with one attached hydrogen (secondary N) is 2. The number of anilines is 1. The molecule has 0 unspecified atom stereocenters. The Hall–Kier alpha value is -1.69. The summed E-state index contributed by atoms with van der Waals surface area (Å²) in [6, 6.07) is 5.85. The lowest BCUT2D eigenvalue weighted by atomic mass is 9.87. The summed E-state index contributed by atoms with van der Waals surface area (Å²) in [5.41, 5.74) is 0.0599. The molecule has 0 aliphatic carbocycles. The maximum atomic E-state index is 11.8. The molecule has 0 heterocycles. The summed E-state index contributed by atoms with van der Waals surface area (Å²) in [5, 5.41) is 14.3. The average Bonchev–Trinajstić information content (AvgIpc) is 2.35. The largest absolute Gasteiger partial charge is 0.480 e. The van der Waals surface area contributed by atoms with E-state index in [-0.39, 0.29) is 0 Å². The normalized spacial score (nSPS) is 12.6. The van der Waals surface area contributed by atoms with Gasteiger partial charge in [-0.15, -0.1) is 11.8 Å². The van der Waals surface area contributed by atoms with Crippen molar-refractivity contribution < 1.29 is 14.7 Å². The molecule has 110 valence electrons. The minimum absolute atomic E-state index is 0.524. The predicted octanol–water partition coefficient (Wildman–Crippen LogP) is 3.03. The SMILES string of the molecule is CSc1ccc(NC(=O)N[C@H](C(=O)O)C(C)(C)C)cc1. The van der Waals surface area contributed by atoms with E-state index in [0.29, 0.717) is 5.69 Å². The quantitative estimate of drug-likeness (QED) is 0.746. The second-order valence-corrected chi connectivity index (χ2v) is 6.34. The van der Waals surface area contributed by atoms with Crippen LogP contribution in [0.25, 0.3) is 0 Å². The molecule has 1 aromatic rings. The van der Waals surface area contributed by atoms with E-state index in [2.05, 4.69) is 10.6 Å². The van der Waals surface area contributed by atoms with Gasteiger partial charge in [-0.1, -0.05) is 20.8 Å². The summed E-state index contributed by atoms with van der Waals surface area (Å²) in [6.07, 6.45) is 1.97. The molecule has 20 heavy (non-hydrogen) atoms. The number of thioether (sulfide) groups is 1. The maximum Gasteiger partial charge on any atom is 0.326 e. The molecule has 1 atom stereocenters. The van der Waals surface area contributed by atoms with Crippen LogP contribution in [0.15, 0.2) is 29.2 Å². The predicted molar refractivity (Wildman–Crippen MR) is 81.3 cm³/mol. The zero-order chi connectivity index (χ0) is 15.3. The van der Waals surface area contributed by atoms with Crippen LogP contribution in [0.2, 0.25) is 0 Å². The standard InChI is InChI=1S/C14H20N2O3S/c1-14(2,3)11(12(17)18)16-13(19)15-9-5-7-10(20-4)8-6-9/h5-8,11H,1-4H3,(H,17,18)(H2,15,16,19)/t11-/m1/s1. The van der Waals surface area contributed by atoms with Gasteiger partial charge in [-0.25, -0.2) is 9.59 Å². The molecule has 0 spiro atoms. The van der Waals surface area contributed by atoms with Crippen LogP contribution in [-0.4, -0.2) is 29.4 Å². The van der Waals surface area contributed by atoms with E-state index in [1.54, 1.807) is 44.7 Å². The highest BCUT2D eigenvalue weighted by Crippen LogP contribution is 2.20. The molecular weight excluding hydrogens is 276 g/mol. The van der Waals surface area contributed by atoms with Gasteiger partial charge in [0.15, 0.2) is 0 Å². The number of carboxylic acids is 1. The van der Waals surface area contributed by atoms with Crippen LogP contribution in [0, 0.1) is 5.41 Å². The minimum atomic E-state index is -1.05. The second kappa shape index (κ2) is 6.65. The van der Waals surface area contributed by atoms with Gasteiger partial charge in [0.1, 0.15) is 6.04 Å². The first-order valence-electron chi connectivity index (χ1n) is 6.18. The van der Waals surface area contributed by atoms with Crippen molar-refractivity contribution in [1.82, 2.24) is 5.32 Å². The van der Waals surface area contributed by atoms with Gasteiger partial charge in [0.25, 0.3) is 0 Å². The monoisotopic (exact) mass is 296 g/mol. The highest BCUT2D eigenvalue weighted by atomic mass is 32.2. The fraction of sp³-hybridized carbons (Fsp3) is 0.429. The first-order valence-corrected chi connectivity index (χ1v) is 7.41. The molecule has 3 N–H and O–H groups in total. The number of carboxylic acid groups (broad SMARTS) is 1. The van der Waals surface area contributed by atoms with Gasteiger partial charge in [-0.05, 0) is 35.9 Å².